The van der Waals surface area contributed by atoms with Crippen LogP contribution in [-0.4, -0.2) is 41.0 Å². The van der Waals surface area contributed by atoms with Gasteiger partial charge in [-0.25, -0.2) is 0 Å². The molecule has 1 aliphatic heterocycles. The first-order valence-corrected chi connectivity index (χ1v) is 10.0. The first-order chi connectivity index (χ1) is 13.4. The summed E-state index contributed by atoms with van der Waals surface area (Å²) in [7, 11) is 0. The summed E-state index contributed by atoms with van der Waals surface area (Å²) in [6, 6.07) is 14.0. The number of hydrogen-bond donors (Lipinski definition) is 2. The van der Waals surface area contributed by atoms with Crippen molar-refractivity contribution in [2.24, 2.45) is 5.92 Å². The van der Waals surface area contributed by atoms with E-state index in [1.165, 1.54) is 6.07 Å². The molecular weight excluding hydrogens is 424 g/mol. The van der Waals surface area contributed by atoms with Crippen molar-refractivity contribution in [3.63, 3.8) is 0 Å². The van der Waals surface area contributed by atoms with Gasteiger partial charge in [0.2, 0.25) is 5.91 Å². The molecule has 1 heterocycles. The van der Waals surface area contributed by atoms with Crippen LogP contribution in [0.1, 0.15) is 19.8 Å². The molecule has 0 bridgehead atoms. The van der Waals surface area contributed by atoms with Gasteiger partial charge in [0.15, 0.2) is 6.10 Å². The van der Waals surface area contributed by atoms with Crippen molar-refractivity contribution in [1.29, 1.82) is 0 Å². The van der Waals surface area contributed by atoms with Crippen molar-refractivity contribution >= 4 is 33.4 Å². The van der Waals surface area contributed by atoms with E-state index in [0.717, 1.165) is 4.47 Å². The molecular formula is C21H23BrN2O4. The second-order valence-electron chi connectivity index (χ2n) is 6.82. The summed E-state index contributed by atoms with van der Waals surface area (Å²) in [6.45, 7) is 2.75. The lowest BCUT2D eigenvalue weighted by Gasteiger charge is -2.33. The quantitative estimate of drug-likeness (QED) is 0.684. The monoisotopic (exact) mass is 446 g/mol. The van der Waals surface area contributed by atoms with Crippen LogP contribution in [0.25, 0.3) is 0 Å². The number of hydrogen-bond acceptors (Lipinski definition) is 4. The van der Waals surface area contributed by atoms with Crippen LogP contribution in [0, 0.1) is 5.92 Å². The Bertz CT molecular complexity index is 833. The number of nitrogens with zero attached hydrogens (tertiary/aromatic N) is 1. The average molecular weight is 447 g/mol. The van der Waals surface area contributed by atoms with E-state index in [0.29, 0.717) is 37.4 Å². The third-order valence-electron chi connectivity index (χ3n) is 4.81. The van der Waals surface area contributed by atoms with Crippen LogP contribution >= 0.6 is 15.9 Å². The first kappa shape index (κ1) is 20.2. The minimum atomic E-state index is -0.590. The maximum Gasteiger partial charge on any atom is 0.263 e. The molecule has 0 unspecified atom stereocenters. The number of aromatic hydroxyl groups is 1. The lowest BCUT2D eigenvalue weighted by Crippen LogP contribution is -2.46. The molecule has 7 heteroatoms. The number of piperidine rings is 1. The van der Waals surface area contributed by atoms with Crippen LogP contribution in [0.15, 0.2) is 53.0 Å². The average Bonchev–Trinajstić information content (AvgIpc) is 2.71. The number of carbonyl (C=O) groups excluding carboxylic acids is 2. The lowest BCUT2D eigenvalue weighted by atomic mass is 9.95. The number of likely N-dealkylation sites (tertiary alicyclic amines) is 1. The predicted octanol–water partition coefficient (Wildman–Crippen LogP) is 3.80. The zero-order valence-electron chi connectivity index (χ0n) is 15.6. The second-order valence-corrected chi connectivity index (χ2v) is 7.74. The van der Waals surface area contributed by atoms with Gasteiger partial charge in [-0.2, -0.15) is 0 Å². The molecule has 0 saturated carbocycles. The number of amides is 2. The van der Waals surface area contributed by atoms with Gasteiger partial charge >= 0.3 is 0 Å². The third-order valence-corrected chi connectivity index (χ3v) is 5.34. The number of phenolic OH excluding ortho intramolecular Hbond substituents is 1. The summed E-state index contributed by atoms with van der Waals surface area (Å²) >= 11 is 3.37. The number of nitrogens with one attached hydrogen (secondary N) is 1. The number of ether oxygens (including phenoxy) is 1. The molecule has 1 atom stereocenters. The zero-order valence-corrected chi connectivity index (χ0v) is 17.2. The number of carbonyl (C=O) groups is 2. The highest BCUT2D eigenvalue weighted by atomic mass is 79.9. The fraction of sp³-hybridized carbons (Fsp3) is 0.333. The summed E-state index contributed by atoms with van der Waals surface area (Å²) < 4.78 is 6.68. The van der Waals surface area contributed by atoms with Gasteiger partial charge < -0.3 is 20.1 Å². The van der Waals surface area contributed by atoms with E-state index in [4.69, 9.17) is 4.74 Å². The maximum atomic E-state index is 12.6. The van der Waals surface area contributed by atoms with Crippen LogP contribution in [0.3, 0.4) is 0 Å². The van der Waals surface area contributed by atoms with Gasteiger partial charge in [0.1, 0.15) is 11.5 Å². The second kappa shape index (κ2) is 9.10. The van der Waals surface area contributed by atoms with Crippen molar-refractivity contribution in [3.8, 4) is 11.5 Å². The normalized spacial score (nSPS) is 15.7. The Balaban J connectivity index is 1.50. The number of phenols is 1. The fourth-order valence-electron chi connectivity index (χ4n) is 3.20. The van der Waals surface area contributed by atoms with Crippen LogP contribution in [0.2, 0.25) is 0 Å². The summed E-state index contributed by atoms with van der Waals surface area (Å²) in [6.07, 6.45) is 0.569. The van der Waals surface area contributed by atoms with Crippen LogP contribution in [0.5, 0.6) is 11.5 Å². The topological polar surface area (TPSA) is 78.9 Å². The number of rotatable bonds is 5. The predicted molar refractivity (Wildman–Crippen MR) is 110 cm³/mol. The summed E-state index contributed by atoms with van der Waals surface area (Å²) in [5, 5.41) is 12.5. The lowest BCUT2D eigenvalue weighted by molar-refractivity contribution is -0.140. The number of halogens is 1. The van der Waals surface area contributed by atoms with Crippen molar-refractivity contribution in [2.75, 3.05) is 18.4 Å². The molecule has 3 rings (SSSR count). The minimum Gasteiger partial charge on any atom is -0.506 e. The number of benzene rings is 2. The Hall–Kier alpha value is -2.54. The molecule has 6 nitrogen and oxygen atoms in total. The van der Waals surface area contributed by atoms with E-state index in [9.17, 15) is 14.7 Å². The largest absolute Gasteiger partial charge is 0.506 e. The molecule has 1 aliphatic rings. The molecule has 2 N–H and O–H groups in total. The summed E-state index contributed by atoms with van der Waals surface area (Å²) in [4.78, 5) is 26.8. The fourth-order valence-corrected chi connectivity index (χ4v) is 3.47. The van der Waals surface area contributed by atoms with Crippen LogP contribution in [0.4, 0.5) is 5.69 Å². The Labute approximate surface area is 172 Å². The highest BCUT2D eigenvalue weighted by molar-refractivity contribution is 9.10. The highest BCUT2D eigenvalue weighted by Gasteiger charge is 2.30. The molecule has 0 radical (unpaired) electrons. The molecule has 1 saturated heterocycles. The van der Waals surface area contributed by atoms with Gasteiger partial charge in [0, 0.05) is 23.5 Å². The van der Waals surface area contributed by atoms with E-state index in [-0.39, 0.29) is 23.5 Å². The first-order valence-electron chi connectivity index (χ1n) is 9.24. The SMILES string of the molecule is C[C@H](Oc1ccc(Br)cc1)C(=O)N1CCC(C(=O)Nc2ccccc2O)CC1. The van der Waals surface area contributed by atoms with Crippen molar-refractivity contribution in [1.82, 2.24) is 4.90 Å². The van der Waals surface area contributed by atoms with Crippen LogP contribution < -0.4 is 10.1 Å². The standard InChI is InChI=1S/C21H23BrN2O4/c1-14(28-17-8-6-16(22)7-9-17)21(27)24-12-10-15(11-13-24)20(26)23-18-4-2-3-5-19(18)25/h2-9,14-15,25H,10-13H2,1H3,(H,23,26)/t14-/m0/s1. The van der Waals surface area contributed by atoms with Crippen molar-refractivity contribution in [2.45, 2.75) is 25.9 Å². The van der Waals surface area contributed by atoms with Crippen molar-refractivity contribution < 1.29 is 19.4 Å². The third kappa shape index (κ3) is 5.04. The minimum absolute atomic E-state index is 0.0439. The van der Waals surface area contributed by atoms with E-state index in [1.54, 1.807) is 30.0 Å². The van der Waals surface area contributed by atoms with E-state index < -0.39 is 6.10 Å². The Morgan fingerprint density at radius 2 is 1.79 bits per heavy atom. The Morgan fingerprint density at radius 1 is 1.14 bits per heavy atom. The van der Waals surface area contributed by atoms with Gasteiger partial charge in [-0.15, -0.1) is 0 Å². The molecule has 0 aliphatic carbocycles. The van der Waals surface area contributed by atoms with Gasteiger partial charge in [-0.3, -0.25) is 9.59 Å². The molecule has 2 aromatic carbocycles. The highest BCUT2D eigenvalue weighted by Crippen LogP contribution is 2.25. The van der Waals surface area contributed by atoms with Gasteiger partial charge in [-0.05, 0) is 56.2 Å². The molecule has 0 spiro atoms. The molecule has 148 valence electrons. The van der Waals surface area contributed by atoms with Gasteiger partial charge in [-0.1, -0.05) is 28.1 Å². The van der Waals surface area contributed by atoms with Gasteiger partial charge in [0.05, 0.1) is 5.69 Å². The smallest absolute Gasteiger partial charge is 0.263 e. The van der Waals surface area contributed by atoms with E-state index in [1.807, 2.05) is 24.3 Å². The number of anilines is 1. The van der Waals surface area contributed by atoms with Gasteiger partial charge in [0.25, 0.3) is 5.91 Å². The zero-order chi connectivity index (χ0) is 20.1. The molecule has 28 heavy (non-hydrogen) atoms. The molecule has 1 fully saturated rings. The molecule has 2 aromatic rings. The van der Waals surface area contributed by atoms with Crippen molar-refractivity contribution in [3.05, 3.63) is 53.0 Å². The molecule has 2 amide bonds. The number of para-hydroxylation sites is 2. The summed E-state index contributed by atoms with van der Waals surface area (Å²) in [5.74, 6) is 0.282. The van der Waals surface area contributed by atoms with E-state index in [2.05, 4.69) is 21.2 Å². The van der Waals surface area contributed by atoms with E-state index >= 15 is 0 Å². The maximum absolute atomic E-state index is 12.6. The van der Waals surface area contributed by atoms with Crippen LogP contribution in [-0.2, 0) is 9.59 Å². The summed E-state index contributed by atoms with van der Waals surface area (Å²) in [5.41, 5.74) is 0.405. The Morgan fingerprint density at radius 3 is 2.43 bits per heavy atom. The Kier molecular flexibility index (Phi) is 6.57. The molecule has 0 aromatic heterocycles.